The van der Waals surface area contributed by atoms with Gasteiger partial charge in [-0.15, -0.1) is 0 Å². The van der Waals surface area contributed by atoms with Gasteiger partial charge in [0.1, 0.15) is 0 Å². The molecule has 2 aromatic rings. The summed E-state index contributed by atoms with van der Waals surface area (Å²) >= 11 is 0. The Labute approximate surface area is 146 Å². The number of rotatable bonds is 6. The van der Waals surface area contributed by atoms with Gasteiger partial charge in [-0.25, -0.2) is 4.79 Å². The number of aromatic nitrogens is 2. The van der Waals surface area contributed by atoms with Crippen molar-refractivity contribution in [1.82, 2.24) is 19.5 Å². The molecule has 7 heteroatoms. The standard InChI is InChI=1S/C18H24N4O3/c23-16(12-20-8-10-21(11-9-20)15-6-7-15)13-22-17(19-25-18(22)24)14-4-2-1-3-5-14/h1-5,15-16,23H,6-13H2. The quantitative estimate of drug-likeness (QED) is 0.829. The Bertz CT molecular complexity index is 745. The molecule has 4 rings (SSSR count). The largest absolute Gasteiger partial charge is 0.441 e. The molecule has 0 radical (unpaired) electrons. The molecule has 1 aromatic carbocycles. The number of nitrogens with zero attached hydrogens (tertiary/aromatic N) is 4. The molecule has 25 heavy (non-hydrogen) atoms. The van der Waals surface area contributed by atoms with Gasteiger partial charge < -0.3 is 5.11 Å². The summed E-state index contributed by atoms with van der Waals surface area (Å²) in [5.74, 6) is -0.0698. The van der Waals surface area contributed by atoms with Gasteiger partial charge >= 0.3 is 5.76 Å². The van der Waals surface area contributed by atoms with Gasteiger partial charge in [0.25, 0.3) is 0 Å². The van der Waals surface area contributed by atoms with E-state index in [0.29, 0.717) is 12.4 Å². The van der Waals surface area contributed by atoms with Crippen molar-refractivity contribution in [3.8, 4) is 11.4 Å². The van der Waals surface area contributed by atoms with Crippen molar-refractivity contribution < 1.29 is 9.63 Å². The first-order valence-electron chi connectivity index (χ1n) is 8.97. The summed E-state index contributed by atoms with van der Waals surface area (Å²) in [6.45, 7) is 4.83. The predicted octanol–water partition coefficient (Wildman–Crippen LogP) is 0.644. The van der Waals surface area contributed by atoms with E-state index < -0.39 is 11.9 Å². The first kappa shape index (κ1) is 16.5. The first-order valence-corrected chi connectivity index (χ1v) is 8.97. The van der Waals surface area contributed by atoms with Crippen LogP contribution >= 0.6 is 0 Å². The summed E-state index contributed by atoms with van der Waals surface area (Å²) in [6, 6.07) is 10.2. The van der Waals surface area contributed by atoms with Crippen LogP contribution in [0.25, 0.3) is 11.4 Å². The van der Waals surface area contributed by atoms with Gasteiger partial charge in [-0.2, -0.15) is 0 Å². The maximum atomic E-state index is 12.0. The van der Waals surface area contributed by atoms with Crippen LogP contribution in [-0.2, 0) is 6.54 Å². The van der Waals surface area contributed by atoms with Crippen LogP contribution in [0, 0.1) is 0 Å². The monoisotopic (exact) mass is 344 g/mol. The molecule has 2 aliphatic rings. The van der Waals surface area contributed by atoms with Gasteiger partial charge in [-0.05, 0) is 12.8 Å². The summed E-state index contributed by atoms with van der Waals surface area (Å²) in [4.78, 5) is 16.8. The van der Waals surface area contributed by atoms with Crippen molar-refractivity contribution in [3.05, 3.63) is 40.9 Å². The second kappa shape index (κ2) is 7.11. The van der Waals surface area contributed by atoms with Crippen LogP contribution in [-0.4, -0.2) is 69.5 Å². The molecule has 7 nitrogen and oxygen atoms in total. The van der Waals surface area contributed by atoms with Gasteiger partial charge in [0.05, 0.1) is 12.6 Å². The highest BCUT2D eigenvalue weighted by atomic mass is 16.5. The predicted molar refractivity (Wildman–Crippen MR) is 93.2 cm³/mol. The number of hydrogen-bond donors (Lipinski definition) is 1. The van der Waals surface area contributed by atoms with Crippen LogP contribution in [0.15, 0.2) is 39.6 Å². The zero-order chi connectivity index (χ0) is 17.2. The molecule has 1 aromatic heterocycles. The van der Waals surface area contributed by atoms with E-state index in [9.17, 15) is 9.90 Å². The Morgan fingerprint density at radius 2 is 1.84 bits per heavy atom. The summed E-state index contributed by atoms with van der Waals surface area (Å²) in [5, 5.41) is 14.3. The molecule has 0 bridgehead atoms. The minimum Gasteiger partial charge on any atom is -0.390 e. The first-order chi connectivity index (χ1) is 12.2. The Hall–Kier alpha value is -1.96. The van der Waals surface area contributed by atoms with E-state index in [-0.39, 0.29) is 6.54 Å². The molecular formula is C18H24N4O3. The molecule has 1 unspecified atom stereocenters. The van der Waals surface area contributed by atoms with E-state index in [1.165, 1.54) is 17.4 Å². The van der Waals surface area contributed by atoms with E-state index in [4.69, 9.17) is 4.52 Å². The topological polar surface area (TPSA) is 74.7 Å². The second-order valence-electron chi connectivity index (χ2n) is 6.97. The Kier molecular flexibility index (Phi) is 4.70. The van der Waals surface area contributed by atoms with E-state index in [1.807, 2.05) is 30.3 Å². The maximum Gasteiger partial charge on any atom is 0.441 e. The minimum absolute atomic E-state index is 0.190. The summed E-state index contributed by atoms with van der Waals surface area (Å²) in [6.07, 6.45) is 2.04. The fraction of sp³-hybridized carbons (Fsp3) is 0.556. The lowest BCUT2D eigenvalue weighted by Gasteiger charge is -2.35. The third kappa shape index (κ3) is 3.84. The average molecular weight is 344 g/mol. The van der Waals surface area contributed by atoms with E-state index in [1.54, 1.807) is 0 Å². The number of piperazine rings is 1. The lowest BCUT2D eigenvalue weighted by Crippen LogP contribution is -2.49. The van der Waals surface area contributed by atoms with Crippen LogP contribution < -0.4 is 5.76 Å². The SMILES string of the molecule is O=c1onc(-c2ccccc2)n1CC(O)CN1CCN(C2CC2)CC1. The number of aliphatic hydroxyl groups excluding tert-OH is 1. The molecular weight excluding hydrogens is 320 g/mol. The van der Waals surface area contributed by atoms with Crippen molar-refractivity contribution >= 4 is 0 Å². The lowest BCUT2D eigenvalue weighted by atomic mass is 10.2. The Morgan fingerprint density at radius 3 is 2.52 bits per heavy atom. The van der Waals surface area contributed by atoms with E-state index in [2.05, 4.69) is 15.0 Å². The fourth-order valence-electron chi connectivity index (χ4n) is 3.54. The van der Waals surface area contributed by atoms with Gasteiger partial charge in [0.15, 0.2) is 5.82 Å². The van der Waals surface area contributed by atoms with Gasteiger partial charge in [-0.3, -0.25) is 18.9 Å². The van der Waals surface area contributed by atoms with Crippen molar-refractivity contribution in [3.63, 3.8) is 0 Å². The molecule has 134 valence electrons. The molecule has 1 aliphatic heterocycles. The lowest BCUT2D eigenvalue weighted by molar-refractivity contribution is 0.0614. The number of hydrogen-bond acceptors (Lipinski definition) is 6. The summed E-state index contributed by atoms with van der Waals surface area (Å²) in [7, 11) is 0. The van der Waals surface area contributed by atoms with Gasteiger partial charge in [0.2, 0.25) is 0 Å². The normalized spacial score (nSPS) is 20.7. The van der Waals surface area contributed by atoms with Crippen LogP contribution in [0.5, 0.6) is 0 Å². The molecule has 0 spiro atoms. The van der Waals surface area contributed by atoms with Crippen molar-refractivity contribution in [1.29, 1.82) is 0 Å². The third-order valence-electron chi connectivity index (χ3n) is 5.05. The molecule has 1 saturated heterocycles. The van der Waals surface area contributed by atoms with Crippen LogP contribution in [0.4, 0.5) is 0 Å². The molecule has 1 N–H and O–H groups in total. The molecule has 1 atom stereocenters. The van der Waals surface area contributed by atoms with Gasteiger partial charge in [-0.1, -0.05) is 35.5 Å². The summed E-state index contributed by atoms with van der Waals surface area (Å²) in [5.41, 5.74) is 0.804. The highest BCUT2D eigenvalue weighted by Crippen LogP contribution is 2.27. The van der Waals surface area contributed by atoms with Gasteiger partial charge in [0, 0.05) is 44.3 Å². The van der Waals surface area contributed by atoms with Crippen molar-refractivity contribution in [2.45, 2.75) is 31.5 Å². The highest BCUT2D eigenvalue weighted by molar-refractivity contribution is 5.54. The molecule has 2 fully saturated rings. The average Bonchev–Trinajstić information content (AvgIpc) is 3.42. The molecule has 0 amide bonds. The fourth-order valence-corrected chi connectivity index (χ4v) is 3.54. The van der Waals surface area contributed by atoms with Crippen molar-refractivity contribution in [2.75, 3.05) is 32.7 Å². The Balaban J connectivity index is 1.37. The Morgan fingerprint density at radius 1 is 1.12 bits per heavy atom. The molecule has 1 aliphatic carbocycles. The number of aliphatic hydroxyl groups is 1. The second-order valence-corrected chi connectivity index (χ2v) is 6.97. The maximum absolute atomic E-state index is 12.0. The van der Waals surface area contributed by atoms with E-state index >= 15 is 0 Å². The third-order valence-corrected chi connectivity index (χ3v) is 5.05. The number of benzene rings is 1. The molecule has 1 saturated carbocycles. The van der Waals surface area contributed by atoms with Crippen LogP contribution in [0.1, 0.15) is 12.8 Å². The number of β-amino-alcohol motifs (C(OH)–C–C–N with tert-alkyl or cyclic N) is 1. The molecule has 2 heterocycles. The summed E-state index contributed by atoms with van der Waals surface area (Å²) < 4.78 is 6.23. The van der Waals surface area contributed by atoms with Crippen LogP contribution in [0.3, 0.4) is 0 Å². The van der Waals surface area contributed by atoms with E-state index in [0.717, 1.165) is 37.8 Å². The smallest absolute Gasteiger partial charge is 0.390 e. The minimum atomic E-state index is -0.632. The zero-order valence-corrected chi connectivity index (χ0v) is 14.3. The highest BCUT2D eigenvalue weighted by Gasteiger charge is 2.31. The zero-order valence-electron chi connectivity index (χ0n) is 14.3. The van der Waals surface area contributed by atoms with Crippen LogP contribution in [0.2, 0.25) is 0 Å². The van der Waals surface area contributed by atoms with Crippen molar-refractivity contribution in [2.24, 2.45) is 0 Å².